The third kappa shape index (κ3) is 5.00. The summed E-state index contributed by atoms with van der Waals surface area (Å²) in [5.74, 6) is -0.602. The highest BCUT2D eigenvalue weighted by atomic mass is 127. The molecule has 0 aromatic heterocycles. The monoisotopic (exact) mass is 409 g/mol. The zero-order valence-electron chi connectivity index (χ0n) is 10.9. The van der Waals surface area contributed by atoms with E-state index in [1.54, 1.807) is 18.2 Å². The second kappa shape index (κ2) is 8.39. The van der Waals surface area contributed by atoms with E-state index in [-0.39, 0.29) is 11.8 Å². The third-order valence-corrected chi connectivity index (χ3v) is 3.50. The van der Waals surface area contributed by atoms with E-state index in [4.69, 9.17) is 5.11 Å². The summed E-state index contributed by atoms with van der Waals surface area (Å²) < 4.78 is 0.819. The van der Waals surface area contributed by atoms with Gasteiger partial charge in [-0.2, -0.15) is 0 Å². The number of aldehydes is 1. The number of carbonyl (C=O) groups excluding carboxylic acids is 2. The minimum absolute atomic E-state index is 0.254. The number of hydrogen-bond donors (Lipinski definition) is 5. The first kappa shape index (κ1) is 18.0. The number of aliphatic hydroxyl groups excluding tert-OH is 4. The van der Waals surface area contributed by atoms with Crippen molar-refractivity contribution in [3.05, 3.63) is 33.4 Å². The molecule has 5 N–H and O–H groups in total. The largest absolute Gasteiger partial charge is 0.394 e. The Labute approximate surface area is 134 Å². The summed E-state index contributed by atoms with van der Waals surface area (Å²) in [6.07, 6.45) is -4.86. The lowest BCUT2D eigenvalue weighted by Crippen LogP contribution is -2.53. The average Bonchev–Trinajstić information content (AvgIpc) is 2.50. The number of carbonyl (C=O) groups is 2. The van der Waals surface area contributed by atoms with Crippen LogP contribution in [0.15, 0.2) is 24.3 Å². The molecule has 0 bridgehead atoms. The minimum Gasteiger partial charge on any atom is -0.394 e. The quantitative estimate of drug-likeness (QED) is 0.281. The Hall–Kier alpha value is -1.07. The molecule has 0 aliphatic carbocycles. The first-order valence-electron chi connectivity index (χ1n) is 6.07. The fourth-order valence-electron chi connectivity index (χ4n) is 1.61. The fraction of sp³-hybridized carbons (Fsp3) is 0.385. The van der Waals surface area contributed by atoms with E-state index in [0.717, 1.165) is 3.57 Å². The van der Waals surface area contributed by atoms with Gasteiger partial charge < -0.3 is 30.5 Å². The Morgan fingerprint density at radius 2 is 1.95 bits per heavy atom. The van der Waals surface area contributed by atoms with Crippen LogP contribution >= 0.6 is 22.6 Å². The van der Waals surface area contributed by atoms with Gasteiger partial charge in [0.15, 0.2) is 0 Å². The fourth-order valence-corrected chi connectivity index (χ4v) is 2.16. The first-order chi connectivity index (χ1) is 9.90. The van der Waals surface area contributed by atoms with E-state index in [2.05, 4.69) is 5.32 Å². The van der Waals surface area contributed by atoms with Crippen LogP contribution in [0.4, 0.5) is 0 Å². The van der Waals surface area contributed by atoms with E-state index in [1.165, 1.54) is 6.07 Å². The molecule has 1 amide bonds. The lowest BCUT2D eigenvalue weighted by Gasteiger charge is -2.26. The van der Waals surface area contributed by atoms with Crippen LogP contribution in [0.1, 0.15) is 10.4 Å². The van der Waals surface area contributed by atoms with Gasteiger partial charge >= 0.3 is 0 Å². The second-order valence-electron chi connectivity index (χ2n) is 4.38. The summed E-state index contributed by atoms with van der Waals surface area (Å²) in [6, 6.07) is 5.15. The van der Waals surface area contributed by atoms with Gasteiger partial charge in [-0.25, -0.2) is 0 Å². The Morgan fingerprint density at radius 3 is 2.48 bits per heavy atom. The van der Waals surface area contributed by atoms with Gasteiger partial charge in [-0.15, -0.1) is 0 Å². The predicted molar refractivity (Wildman–Crippen MR) is 81.6 cm³/mol. The Balaban J connectivity index is 2.78. The van der Waals surface area contributed by atoms with Gasteiger partial charge in [0.05, 0.1) is 6.61 Å². The van der Waals surface area contributed by atoms with E-state index >= 15 is 0 Å². The highest BCUT2D eigenvalue weighted by molar-refractivity contribution is 14.1. The lowest BCUT2D eigenvalue weighted by atomic mass is 10.0. The molecule has 0 radical (unpaired) electrons. The Morgan fingerprint density at radius 1 is 1.29 bits per heavy atom. The van der Waals surface area contributed by atoms with Crippen molar-refractivity contribution in [2.45, 2.75) is 24.4 Å². The van der Waals surface area contributed by atoms with Crippen LogP contribution < -0.4 is 5.32 Å². The molecule has 7 nitrogen and oxygen atoms in total. The van der Waals surface area contributed by atoms with E-state index in [0.29, 0.717) is 0 Å². The normalized spacial score (nSPS) is 16.6. The van der Waals surface area contributed by atoms with Gasteiger partial charge in [0.1, 0.15) is 30.6 Å². The van der Waals surface area contributed by atoms with Gasteiger partial charge in [-0.3, -0.25) is 4.79 Å². The number of aliphatic hydroxyl groups is 4. The summed E-state index contributed by atoms with van der Waals surface area (Å²) in [4.78, 5) is 22.9. The van der Waals surface area contributed by atoms with Gasteiger partial charge in [0.2, 0.25) is 0 Å². The summed E-state index contributed by atoms with van der Waals surface area (Å²) in [5, 5.41) is 39.5. The number of hydrogen-bond acceptors (Lipinski definition) is 6. The first-order valence-corrected chi connectivity index (χ1v) is 7.15. The van der Waals surface area contributed by atoms with Crippen LogP contribution in [-0.4, -0.2) is 63.6 Å². The second-order valence-corrected chi connectivity index (χ2v) is 5.62. The minimum atomic E-state index is -1.76. The zero-order chi connectivity index (χ0) is 16.0. The molecule has 8 heteroatoms. The van der Waals surface area contributed by atoms with Crippen molar-refractivity contribution in [1.82, 2.24) is 5.32 Å². The predicted octanol–water partition coefficient (Wildman–Crippen LogP) is -1.34. The molecule has 0 saturated heterocycles. The highest BCUT2D eigenvalue weighted by Gasteiger charge is 2.32. The Bertz CT molecular complexity index is 497. The maximum Gasteiger partial charge on any atom is 0.251 e. The molecule has 4 atom stereocenters. The summed E-state index contributed by atoms with van der Waals surface area (Å²) >= 11 is 2.02. The van der Waals surface area contributed by atoms with Crippen LogP contribution in [-0.2, 0) is 4.79 Å². The highest BCUT2D eigenvalue weighted by Crippen LogP contribution is 2.09. The van der Waals surface area contributed by atoms with Gasteiger partial charge in [0, 0.05) is 9.13 Å². The number of halogens is 1. The molecule has 21 heavy (non-hydrogen) atoms. The number of amides is 1. The molecule has 0 saturated carbocycles. The van der Waals surface area contributed by atoms with Crippen molar-refractivity contribution in [3.8, 4) is 0 Å². The standard InChI is InChI=1S/C13H16INO6/c14-8-3-1-2-7(4-8)13(21)15-9(5-16)11(19)12(20)10(18)6-17/h1-5,9-12,17-20H,6H2,(H,15,21)/t9-,10+,11+,12+/m0/s1. The maximum atomic E-state index is 12.0. The SMILES string of the molecule is O=C[C@H](NC(=O)c1cccc(I)c1)[C@@H](O)[C@H](O)[C@H](O)CO. The van der Waals surface area contributed by atoms with Gasteiger partial charge in [0.25, 0.3) is 5.91 Å². The molecule has 0 aliphatic heterocycles. The van der Waals surface area contributed by atoms with E-state index in [9.17, 15) is 24.9 Å². The smallest absolute Gasteiger partial charge is 0.251 e. The number of nitrogens with one attached hydrogen (secondary N) is 1. The molecule has 0 spiro atoms. The molecule has 0 unspecified atom stereocenters. The van der Waals surface area contributed by atoms with Crippen molar-refractivity contribution in [1.29, 1.82) is 0 Å². The van der Waals surface area contributed by atoms with Crippen molar-refractivity contribution in [2.75, 3.05) is 6.61 Å². The molecule has 1 rings (SSSR count). The van der Waals surface area contributed by atoms with Crippen LogP contribution in [0.3, 0.4) is 0 Å². The molecule has 1 aromatic carbocycles. The molecule has 0 heterocycles. The van der Waals surface area contributed by atoms with Crippen LogP contribution in [0.2, 0.25) is 0 Å². The number of benzene rings is 1. The molecular weight excluding hydrogens is 393 g/mol. The van der Waals surface area contributed by atoms with Crippen molar-refractivity contribution < 1.29 is 30.0 Å². The zero-order valence-corrected chi connectivity index (χ0v) is 13.0. The number of rotatable bonds is 7. The summed E-state index contributed by atoms with van der Waals surface area (Å²) in [6.45, 7) is -0.783. The molecule has 0 fully saturated rings. The molecule has 1 aromatic rings. The van der Waals surface area contributed by atoms with Crippen LogP contribution in [0.5, 0.6) is 0 Å². The van der Waals surface area contributed by atoms with Crippen LogP contribution in [0, 0.1) is 3.57 Å². The van der Waals surface area contributed by atoms with Crippen molar-refractivity contribution in [2.24, 2.45) is 0 Å². The molecule has 0 aliphatic rings. The Kier molecular flexibility index (Phi) is 7.18. The lowest BCUT2D eigenvalue weighted by molar-refractivity contribution is -0.119. The topological polar surface area (TPSA) is 127 Å². The third-order valence-electron chi connectivity index (χ3n) is 2.83. The average molecular weight is 409 g/mol. The van der Waals surface area contributed by atoms with E-state index < -0.39 is 36.9 Å². The van der Waals surface area contributed by atoms with Crippen LogP contribution in [0.25, 0.3) is 0 Å². The molecular formula is C13H16INO6. The van der Waals surface area contributed by atoms with Gasteiger partial charge in [-0.1, -0.05) is 6.07 Å². The molecule has 116 valence electrons. The summed E-state index contributed by atoms with van der Waals surface area (Å²) in [5.41, 5.74) is 0.290. The van der Waals surface area contributed by atoms with Crippen molar-refractivity contribution in [3.63, 3.8) is 0 Å². The van der Waals surface area contributed by atoms with Gasteiger partial charge in [-0.05, 0) is 40.8 Å². The maximum absolute atomic E-state index is 12.0. The van der Waals surface area contributed by atoms with E-state index in [1.807, 2.05) is 22.6 Å². The van der Waals surface area contributed by atoms with Crippen molar-refractivity contribution >= 4 is 34.8 Å². The summed E-state index contributed by atoms with van der Waals surface area (Å²) in [7, 11) is 0.